The number of benzene rings is 1. The second kappa shape index (κ2) is 6.62. The maximum atomic E-state index is 13.2. The molecule has 2 aromatic heterocycles. The summed E-state index contributed by atoms with van der Waals surface area (Å²) in [5.41, 5.74) is 3.12. The zero-order valence-corrected chi connectivity index (χ0v) is 12.5. The standard InChI is InChI=1S/C18H18FN3/c1-13(16-10-17(19)12-20-11-16)21-9-7-15-5-2-4-14-6-3-8-22-18(14)15/h2-6,8,10-13,21H,7,9H2,1H3/t13-/m0/s1. The summed E-state index contributed by atoms with van der Waals surface area (Å²) in [5, 5.41) is 4.56. The number of pyridine rings is 2. The number of aromatic nitrogens is 2. The Morgan fingerprint density at radius 1 is 1.18 bits per heavy atom. The van der Waals surface area contributed by atoms with Gasteiger partial charge in [-0.05, 0) is 43.1 Å². The Kier molecular flexibility index (Phi) is 4.39. The van der Waals surface area contributed by atoms with Gasteiger partial charge in [-0.25, -0.2) is 4.39 Å². The number of nitrogens with zero attached hydrogens (tertiary/aromatic N) is 2. The average molecular weight is 295 g/mol. The molecule has 2 heterocycles. The van der Waals surface area contributed by atoms with Crippen LogP contribution in [-0.2, 0) is 6.42 Å². The van der Waals surface area contributed by atoms with Crippen molar-refractivity contribution in [2.24, 2.45) is 0 Å². The lowest BCUT2D eigenvalue weighted by Gasteiger charge is -2.14. The van der Waals surface area contributed by atoms with Gasteiger partial charge in [-0.1, -0.05) is 24.3 Å². The number of fused-ring (bicyclic) bond motifs is 1. The zero-order chi connectivity index (χ0) is 15.4. The van der Waals surface area contributed by atoms with Crippen molar-refractivity contribution in [2.75, 3.05) is 6.54 Å². The smallest absolute Gasteiger partial charge is 0.141 e. The highest BCUT2D eigenvalue weighted by Gasteiger charge is 2.07. The van der Waals surface area contributed by atoms with E-state index in [0.717, 1.165) is 29.4 Å². The third kappa shape index (κ3) is 3.28. The Bertz CT molecular complexity index is 768. The van der Waals surface area contributed by atoms with E-state index in [1.807, 2.05) is 19.2 Å². The highest BCUT2D eigenvalue weighted by Crippen LogP contribution is 2.17. The number of halogens is 1. The zero-order valence-electron chi connectivity index (χ0n) is 12.5. The highest BCUT2D eigenvalue weighted by atomic mass is 19.1. The van der Waals surface area contributed by atoms with Crippen LogP contribution in [0.1, 0.15) is 24.1 Å². The number of hydrogen-bond acceptors (Lipinski definition) is 3. The van der Waals surface area contributed by atoms with Crippen LogP contribution in [0.3, 0.4) is 0 Å². The molecule has 3 nitrogen and oxygen atoms in total. The SMILES string of the molecule is C[C@H](NCCc1cccc2cccnc12)c1cncc(F)c1. The van der Waals surface area contributed by atoms with Crippen LogP contribution in [0.5, 0.6) is 0 Å². The van der Waals surface area contributed by atoms with Gasteiger partial charge in [-0.15, -0.1) is 0 Å². The molecule has 112 valence electrons. The van der Waals surface area contributed by atoms with E-state index >= 15 is 0 Å². The topological polar surface area (TPSA) is 37.8 Å². The van der Waals surface area contributed by atoms with Crippen LogP contribution in [0.4, 0.5) is 4.39 Å². The molecule has 0 amide bonds. The first-order valence-corrected chi connectivity index (χ1v) is 7.40. The molecule has 3 rings (SSSR count). The summed E-state index contributed by atoms with van der Waals surface area (Å²) in [6.07, 6.45) is 5.61. The average Bonchev–Trinajstić information content (AvgIpc) is 2.55. The molecule has 1 atom stereocenters. The van der Waals surface area contributed by atoms with E-state index in [-0.39, 0.29) is 11.9 Å². The summed E-state index contributed by atoms with van der Waals surface area (Å²) in [6.45, 7) is 2.81. The van der Waals surface area contributed by atoms with Gasteiger partial charge in [0.05, 0.1) is 11.7 Å². The van der Waals surface area contributed by atoms with Gasteiger partial charge in [0.2, 0.25) is 0 Å². The van der Waals surface area contributed by atoms with Crippen molar-refractivity contribution >= 4 is 10.9 Å². The van der Waals surface area contributed by atoms with Crippen LogP contribution in [0.15, 0.2) is 55.0 Å². The van der Waals surface area contributed by atoms with E-state index in [4.69, 9.17) is 0 Å². The van der Waals surface area contributed by atoms with Gasteiger partial charge >= 0.3 is 0 Å². The monoisotopic (exact) mass is 295 g/mol. The summed E-state index contributed by atoms with van der Waals surface area (Å²) in [6, 6.07) is 11.8. The first kappa shape index (κ1) is 14.6. The molecule has 1 aromatic carbocycles. The van der Waals surface area contributed by atoms with Crippen molar-refractivity contribution in [3.63, 3.8) is 0 Å². The van der Waals surface area contributed by atoms with Gasteiger partial charge in [0.25, 0.3) is 0 Å². The Morgan fingerprint density at radius 2 is 2.05 bits per heavy atom. The number of para-hydroxylation sites is 1. The van der Waals surface area contributed by atoms with Gasteiger partial charge in [0, 0.05) is 23.8 Å². The molecule has 0 aliphatic heterocycles. The second-order valence-corrected chi connectivity index (χ2v) is 5.35. The number of nitrogens with one attached hydrogen (secondary N) is 1. The van der Waals surface area contributed by atoms with Crippen molar-refractivity contribution < 1.29 is 4.39 Å². The van der Waals surface area contributed by atoms with E-state index < -0.39 is 0 Å². The van der Waals surface area contributed by atoms with E-state index in [2.05, 4.69) is 39.6 Å². The minimum absolute atomic E-state index is 0.0612. The predicted octanol–water partition coefficient (Wildman–Crippen LogP) is 3.66. The highest BCUT2D eigenvalue weighted by molar-refractivity contribution is 5.81. The van der Waals surface area contributed by atoms with Crippen LogP contribution < -0.4 is 5.32 Å². The summed E-state index contributed by atoms with van der Waals surface area (Å²) >= 11 is 0. The van der Waals surface area contributed by atoms with Gasteiger partial charge in [-0.2, -0.15) is 0 Å². The fourth-order valence-electron chi connectivity index (χ4n) is 2.58. The first-order chi connectivity index (χ1) is 10.7. The van der Waals surface area contributed by atoms with Crippen LogP contribution in [0.2, 0.25) is 0 Å². The number of hydrogen-bond donors (Lipinski definition) is 1. The number of rotatable bonds is 5. The van der Waals surface area contributed by atoms with Gasteiger partial charge in [0.15, 0.2) is 0 Å². The molecule has 0 bridgehead atoms. The van der Waals surface area contributed by atoms with Crippen molar-refractivity contribution in [3.8, 4) is 0 Å². The van der Waals surface area contributed by atoms with Crippen LogP contribution >= 0.6 is 0 Å². The van der Waals surface area contributed by atoms with E-state index in [9.17, 15) is 4.39 Å². The molecule has 0 saturated carbocycles. The Labute approximate surface area is 129 Å². The minimum Gasteiger partial charge on any atom is -0.310 e. The molecule has 4 heteroatoms. The summed E-state index contributed by atoms with van der Waals surface area (Å²) in [5.74, 6) is -0.301. The normalized spacial score (nSPS) is 12.5. The maximum absolute atomic E-state index is 13.2. The molecule has 0 aliphatic rings. The largest absolute Gasteiger partial charge is 0.310 e. The lowest BCUT2D eigenvalue weighted by molar-refractivity contribution is 0.563. The summed E-state index contributed by atoms with van der Waals surface area (Å²) in [4.78, 5) is 8.35. The minimum atomic E-state index is -0.301. The molecule has 0 radical (unpaired) electrons. The van der Waals surface area contributed by atoms with E-state index in [0.29, 0.717) is 0 Å². The second-order valence-electron chi connectivity index (χ2n) is 5.35. The molecule has 0 aliphatic carbocycles. The first-order valence-electron chi connectivity index (χ1n) is 7.40. The van der Waals surface area contributed by atoms with Crippen molar-refractivity contribution in [2.45, 2.75) is 19.4 Å². The molecule has 0 fully saturated rings. The third-order valence-corrected chi connectivity index (χ3v) is 3.79. The van der Waals surface area contributed by atoms with Crippen molar-refractivity contribution in [1.29, 1.82) is 0 Å². The Balaban J connectivity index is 1.65. The molecule has 1 N–H and O–H groups in total. The van der Waals surface area contributed by atoms with Crippen molar-refractivity contribution in [3.05, 3.63) is 71.9 Å². The quantitative estimate of drug-likeness (QED) is 0.780. The fourth-order valence-corrected chi connectivity index (χ4v) is 2.58. The summed E-state index contributed by atoms with van der Waals surface area (Å²) in [7, 11) is 0. The fraction of sp³-hybridized carbons (Fsp3) is 0.222. The van der Waals surface area contributed by atoms with Crippen LogP contribution in [0, 0.1) is 5.82 Å². The lowest BCUT2D eigenvalue weighted by Crippen LogP contribution is -2.21. The third-order valence-electron chi connectivity index (χ3n) is 3.79. The van der Waals surface area contributed by atoms with Crippen molar-refractivity contribution in [1.82, 2.24) is 15.3 Å². The van der Waals surface area contributed by atoms with Crippen LogP contribution in [-0.4, -0.2) is 16.5 Å². The molecule has 0 unspecified atom stereocenters. The molecular weight excluding hydrogens is 277 g/mol. The molecule has 22 heavy (non-hydrogen) atoms. The van der Waals surface area contributed by atoms with Gasteiger partial charge < -0.3 is 5.32 Å². The predicted molar refractivity (Wildman–Crippen MR) is 86.1 cm³/mol. The van der Waals surface area contributed by atoms with E-state index in [1.165, 1.54) is 17.8 Å². The lowest BCUT2D eigenvalue weighted by atomic mass is 10.1. The summed E-state index contributed by atoms with van der Waals surface area (Å²) < 4.78 is 13.2. The van der Waals surface area contributed by atoms with E-state index in [1.54, 1.807) is 6.20 Å². The molecule has 0 saturated heterocycles. The maximum Gasteiger partial charge on any atom is 0.141 e. The van der Waals surface area contributed by atoms with Gasteiger partial charge in [0.1, 0.15) is 5.82 Å². The Hall–Kier alpha value is -2.33. The molecule has 0 spiro atoms. The molecule has 3 aromatic rings. The molecular formula is C18H18FN3. The Morgan fingerprint density at radius 3 is 2.91 bits per heavy atom. The van der Waals surface area contributed by atoms with Gasteiger partial charge in [-0.3, -0.25) is 9.97 Å². The van der Waals surface area contributed by atoms with Crippen LogP contribution in [0.25, 0.3) is 10.9 Å².